The average molecular weight is 537 g/mol. The van der Waals surface area contributed by atoms with Gasteiger partial charge in [-0.2, -0.15) is 13.2 Å². The van der Waals surface area contributed by atoms with Crippen LogP contribution in [0.2, 0.25) is 0 Å². The van der Waals surface area contributed by atoms with Crippen molar-refractivity contribution in [2.45, 2.75) is 25.2 Å². The topological polar surface area (TPSA) is 74.2 Å². The lowest BCUT2D eigenvalue weighted by Crippen LogP contribution is -2.55. The third-order valence-electron chi connectivity index (χ3n) is 6.89. The number of amides is 3. The molecule has 202 valence electrons. The molecule has 39 heavy (non-hydrogen) atoms. The second-order valence-electron chi connectivity index (χ2n) is 9.50. The van der Waals surface area contributed by atoms with Gasteiger partial charge < -0.3 is 15.0 Å². The first kappa shape index (κ1) is 26.3. The number of amidine groups is 1. The molecule has 3 amide bonds. The molecule has 2 aliphatic heterocycles. The van der Waals surface area contributed by atoms with Crippen molar-refractivity contribution < 1.29 is 27.5 Å². The molecular weight excluding hydrogens is 509 g/mol. The second-order valence-corrected chi connectivity index (χ2v) is 9.50. The Morgan fingerprint density at radius 1 is 1.03 bits per heavy atom. The largest absolute Gasteiger partial charge is 0.496 e. The van der Waals surface area contributed by atoms with Gasteiger partial charge in [-0.15, -0.1) is 0 Å². The summed E-state index contributed by atoms with van der Waals surface area (Å²) in [4.78, 5) is 34.3. The van der Waals surface area contributed by atoms with Gasteiger partial charge in [0.1, 0.15) is 24.2 Å². The molecule has 7 nitrogen and oxygen atoms in total. The Morgan fingerprint density at radius 2 is 1.77 bits per heavy atom. The fourth-order valence-corrected chi connectivity index (χ4v) is 5.04. The van der Waals surface area contributed by atoms with Crippen molar-refractivity contribution in [1.29, 1.82) is 0 Å². The summed E-state index contributed by atoms with van der Waals surface area (Å²) >= 11 is 0. The summed E-state index contributed by atoms with van der Waals surface area (Å²) in [6.45, 7) is 2.44. The maximum absolute atomic E-state index is 14.2. The molecule has 10 heteroatoms. The van der Waals surface area contributed by atoms with Gasteiger partial charge in [-0.05, 0) is 42.3 Å². The van der Waals surface area contributed by atoms with Crippen LogP contribution in [0.4, 0.5) is 18.0 Å². The number of alkyl halides is 3. The van der Waals surface area contributed by atoms with Crippen LogP contribution in [0.1, 0.15) is 39.9 Å². The van der Waals surface area contributed by atoms with E-state index in [1.54, 1.807) is 29.2 Å². The summed E-state index contributed by atoms with van der Waals surface area (Å²) in [5, 5.41) is 2.73. The molecule has 3 aromatic rings. The summed E-state index contributed by atoms with van der Waals surface area (Å²) < 4.78 is 45.5. The van der Waals surface area contributed by atoms with Gasteiger partial charge in [-0.25, -0.2) is 4.79 Å². The molecule has 0 radical (unpaired) electrons. The number of urea groups is 1. The fourth-order valence-electron chi connectivity index (χ4n) is 5.04. The number of nitrogens with zero attached hydrogens (tertiary/aromatic N) is 3. The van der Waals surface area contributed by atoms with Crippen molar-refractivity contribution in [3.8, 4) is 5.75 Å². The molecule has 2 atom stereocenters. The first-order valence-electron chi connectivity index (χ1n) is 12.5. The molecule has 1 fully saturated rings. The van der Waals surface area contributed by atoms with Crippen molar-refractivity contribution in [2.75, 3.05) is 26.7 Å². The maximum Gasteiger partial charge on any atom is 0.416 e. The summed E-state index contributed by atoms with van der Waals surface area (Å²) in [6, 6.07) is 17.8. The van der Waals surface area contributed by atoms with Gasteiger partial charge in [0.15, 0.2) is 0 Å². The number of halogens is 3. The number of benzene rings is 3. The highest BCUT2D eigenvalue weighted by atomic mass is 19.4. The van der Waals surface area contributed by atoms with Gasteiger partial charge in [-0.1, -0.05) is 54.1 Å². The number of rotatable bonds is 4. The van der Waals surface area contributed by atoms with Crippen LogP contribution in [0.5, 0.6) is 5.75 Å². The van der Waals surface area contributed by atoms with Crippen LogP contribution >= 0.6 is 0 Å². The number of piperazine rings is 1. The molecule has 0 aromatic heterocycles. The molecule has 2 unspecified atom stereocenters. The molecule has 0 aliphatic carbocycles. The number of ether oxygens (including phenoxy) is 1. The van der Waals surface area contributed by atoms with Crippen molar-refractivity contribution in [2.24, 2.45) is 4.99 Å². The maximum atomic E-state index is 14.2. The van der Waals surface area contributed by atoms with E-state index in [4.69, 9.17) is 9.73 Å². The van der Waals surface area contributed by atoms with Gasteiger partial charge in [0.25, 0.3) is 0 Å². The van der Waals surface area contributed by atoms with E-state index in [-0.39, 0.29) is 12.5 Å². The Hall–Kier alpha value is -4.34. The Kier molecular flexibility index (Phi) is 7.03. The van der Waals surface area contributed by atoms with Gasteiger partial charge in [-0.3, -0.25) is 14.7 Å². The van der Waals surface area contributed by atoms with Crippen LogP contribution in [0.15, 0.2) is 77.8 Å². The molecule has 0 bridgehead atoms. The fraction of sp³-hybridized carbons (Fsp3) is 0.276. The molecule has 1 saturated heterocycles. The Bertz CT molecular complexity index is 1420. The van der Waals surface area contributed by atoms with E-state index in [0.29, 0.717) is 35.8 Å². The van der Waals surface area contributed by atoms with Gasteiger partial charge in [0.05, 0.1) is 24.3 Å². The van der Waals surface area contributed by atoms with Crippen LogP contribution < -0.4 is 10.1 Å². The number of nitrogens with one attached hydrogen (secondary N) is 1. The Morgan fingerprint density at radius 3 is 2.44 bits per heavy atom. The van der Waals surface area contributed by atoms with E-state index in [1.165, 1.54) is 24.1 Å². The zero-order valence-electron chi connectivity index (χ0n) is 21.4. The lowest BCUT2D eigenvalue weighted by Gasteiger charge is -2.35. The number of methoxy groups -OCH3 is 1. The molecule has 2 aliphatic rings. The molecular formula is C29H27F3N4O3. The minimum absolute atomic E-state index is 0.111. The number of aliphatic imine (C=N–C) groups is 1. The highest BCUT2D eigenvalue weighted by Gasteiger charge is 2.45. The third-order valence-corrected chi connectivity index (χ3v) is 6.89. The minimum atomic E-state index is -4.48. The summed E-state index contributed by atoms with van der Waals surface area (Å²) in [6.07, 6.45) is -4.48. The van der Waals surface area contributed by atoms with Crippen LogP contribution in [0, 0.1) is 6.92 Å². The SMILES string of the molecule is COc1ccccc1C1=NC(c2ccc(C(F)(F)F)cc2)C(c2cccc(C)c2)N1C(=O)N1CCNC(=O)C1. The second kappa shape index (κ2) is 10.4. The average Bonchev–Trinajstić information content (AvgIpc) is 3.32. The van der Waals surface area contributed by atoms with Crippen LogP contribution in [-0.2, 0) is 11.0 Å². The number of hydrogen-bond acceptors (Lipinski definition) is 4. The monoisotopic (exact) mass is 536 g/mol. The minimum Gasteiger partial charge on any atom is -0.496 e. The third kappa shape index (κ3) is 5.19. The van der Waals surface area contributed by atoms with Crippen LogP contribution in [0.25, 0.3) is 0 Å². The number of carbonyl (C=O) groups excluding carboxylic acids is 2. The quantitative estimate of drug-likeness (QED) is 0.503. The first-order valence-corrected chi connectivity index (χ1v) is 12.5. The smallest absolute Gasteiger partial charge is 0.416 e. The summed E-state index contributed by atoms with van der Waals surface area (Å²) in [5.41, 5.74) is 2.03. The molecule has 2 heterocycles. The van der Waals surface area contributed by atoms with Gasteiger partial charge >= 0.3 is 12.2 Å². The van der Waals surface area contributed by atoms with Crippen molar-refractivity contribution in [3.63, 3.8) is 0 Å². The van der Waals surface area contributed by atoms with Crippen molar-refractivity contribution in [1.82, 2.24) is 15.1 Å². The normalized spacial score (nSPS) is 19.5. The lowest BCUT2D eigenvalue weighted by atomic mass is 9.92. The lowest BCUT2D eigenvalue weighted by molar-refractivity contribution is -0.137. The highest BCUT2D eigenvalue weighted by Crippen LogP contribution is 2.45. The predicted octanol–water partition coefficient (Wildman–Crippen LogP) is 5.12. The van der Waals surface area contributed by atoms with E-state index in [1.807, 2.05) is 31.2 Å². The van der Waals surface area contributed by atoms with Crippen LogP contribution in [0.3, 0.4) is 0 Å². The zero-order valence-corrected chi connectivity index (χ0v) is 21.4. The Labute approximate surface area is 223 Å². The molecule has 0 saturated carbocycles. The van der Waals surface area contributed by atoms with E-state index in [2.05, 4.69) is 5.32 Å². The first-order chi connectivity index (χ1) is 18.7. The number of para-hydroxylation sites is 1. The number of carbonyl (C=O) groups is 2. The van der Waals surface area contributed by atoms with E-state index >= 15 is 0 Å². The number of hydrogen-bond donors (Lipinski definition) is 1. The zero-order chi connectivity index (χ0) is 27.7. The molecule has 5 rings (SSSR count). The van der Waals surface area contributed by atoms with Gasteiger partial charge in [0.2, 0.25) is 5.91 Å². The van der Waals surface area contributed by atoms with E-state index < -0.39 is 29.9 Å². The van der Waals surface area contributed by atoms with E-state index in [9.17, 15) is 22.8 Å². The van der Waals surface area contributed by atoms with E-state index in [0.717, 1.165) is 23.3 Å². The molecule has 1 N–H and O–H groups in total. The van der Waals surface area contributed by atoms with Crippen LogP contribution in [-0.4, -0.2) is 54.3 Å². The summed E-state index contributed by atoms with van der Waals surface area (Å²) in [5.74, 6) is 0.539. The van der Waals surface area contributed by atoms with Crippen molar-refractivity contribution in [3.05, 3.63) is 101 Å². The van der Waals surface area contributed by atoms with Gasteiger partial charge in [0, 0.05) is 13.1 Å². The highest BCUT2D eigenvalue weighted by molar-refractivity contribution is 6.11. The molecule has 3 aromatic carbocycles. The summed E-state index contributed by atoms with van der Waals surface area (Å²) in [7, 11) is 1.51. The number of aryl methyl sites for hydroxylation is 1. The Balaban J connectivity index is 1.69. The standard InChI is InChI=1S/C29H27F3N4O3/c1-18-6-5-7-20(16-18)26-25(19-10-12-21(13-11-19)29(30,31)32)34-27(22-8-3-4-9-23(22)39-2)36(26)28(38)35-15-14-33-24(37)17-35/h3-13,16,25-26H,14-15,17H2,1-2H3,(H,33,37). The van der Waals surface area contributed by atoms with Crippen molar-refractivity contribution >= 4 is 17.8 Å². The molecule has 0 spiro atoms. The predicted molar refractivity (Wildman–Crippen MR) is 139 cm³/mol.